The Hall–Kier alpha value is -0.550. The first-order valence-electron chi connectivity index (χ1n) is 7.27. The van der Waals surface area contributed by atoms with Crippen molar-refractivity contribution in [2.45, 2.75) is 43.7 Å². The van der Waals surface area contributed by atoms with Crippen LogP contribution < -0.4 is 5.32 Å². The topological polar surface area (TPSA) is 41.5 Å². The van der Waals surface area contributed by atoms with Gasteiger partial charge in [0.05, 0.1) is 12.2 Å². The van der Waals surface area contributed by atoms with Crippen LogP contribution in [0.2, 0.25) is 0 Å². The maximum atomic E-state index is 10.3. The largest absolute Gasteiger partial charge is 0.389 e. The van der Waals surface area contributed by atoms with Crippen LogP contribution in [0.3, 0.4) is 0 Å². The Kier molecular flexibility index (Phi) is 8.22. The van der Waals surface area contributed by atoms with Gasteiger partial charge in [-0.3, -0.25) is 0 Å². The molecule has 0 bridgehead atoms. The molecule has 0 saturated heterocycles. The minimum atomic E-state index is -0.544. The molecule has 0 unspecified atom stereocenters. The molecular weight excluding hydrogens is 270 g/mol. The first-order chi connectivity index (χ1) is 9.63. The molecule has 0 spiro atoms. The molecule has 0 amide bonds. The fraction of sp³-hybridized carbons (Fsp3) is 0.625. The summed E-state index contributed by atoms with van der Waals surface area (Å²) in [5.41, 5.74) is 0.722. The highest BCUT2D eigenvalue weighted by molar-refractivity contribution is 7.99. The lowest BCUT2D eigenvalue weighted by Gasteiger charge is -2.24. The summed E-state index contributed by atoms with van der Waals surface area (Å²) in [5, 5.41) is 13.7. The second kappa shape index (κ2) is 9.40. The van der Waals surface area contributed by atoms with Gasteiger partial charge in [0, 0.05) is 30.8 Å². The van der Waals surface area contributed by atoms with Crippen LogP contribution in [0.25, 0.3) is 0 Å². The second-order valence-electron chi connectivity index (χ2n) is 5.04. The highest BCUT2D eigenvalue weighted by atomic mass is 32.2. The molecule has 0 aromatic heterocycles. The number of methoxy groups -OCH3 is 1. The molecule has 1 aromatic rings. The van der Waals surface area contributed by atoms with Gasteiger partial charge in [-0.05, 0) is 30.5 Å². The number of hydrogen-bond donors (Lipinski definition) is 2. The first-order valence-corrected chi connectivity index (χ1v) is 8.26. The summed E-state index contributed by atoms with van der Waals surface area (Å²) in [6.45, 7) is 6.53. The number of nitrogens with one attached hydrogen (secondary N) is 1. The fourth-order valence-electron chi connectivity index (χ4n) is 1.82. The van der Waals surface area contributed by atoms with Crippen LogP contribution >= 0.6 is 11.8 Å². The highest BCUT2D eigenvalue weighted by Crippen LogP contribution is 2.27. The molecule has 20 heavy (non-hydrogen) atoms. The lowest BCUT2D eigenvalue weighted by Crippen LogP contribution is -2.29. The fourth-order valence-corrected chi connectivity index (χ4v) is 3.08. The Balaban J connectivity index is 2.47. The van der Waals surface area contributed by atoms with Crippen molar-refractivity contribution in [1.82, 2.24) is 5.32 Å². The summed E-state index contributed by atoms with van der Waals surface area (Å²) in [6.07, 6.45) is 1.60. The average Bonchev–Trinajstić information content (AvgIpc) is 2.50. The molecule has 0 heterocycles. The number of ether oxygens (including phenoxy) is 1. The van der Waals surface area contributed by atoms with Gasteiger partial charge < -0.3 is 15.2 Å². The minimum absolute atomic E-state index is 0.544. The summed E-state index contributed by atoms with van der Waals surface area (Å²) in [6, 6.07) is 8.49. The van der Waals surface area contributed by atoms with E-state index in [2.05, 4.69) is 29.6 Å². The predicted molar refractivity (Wildman–Crippen MR) is 86.3 cm³/mol. The molecule has 0 radical (unpaired) electrons. The van der Waals surface area contributed by atoms with Crippen LogP contribution in [-0.4, -0.2) is 36.7 Å². The van der Waals surface area contributed by atoms with Crippen LogP contribution in [0.5, 0.6) is 0 Å². The molecule has 114 valence electrons. The molecule has 0 aliphatic carbocycles. The van der Waals surface area contributed by atoms with Gasteiger partial charge in [0.25, 0.3) is 0 Å². The Morgan fingerprint density at radius 1 is 1.30 bits per heavy atom. The number of thioether (sulfide) groups is 1. The van der Waals surface area contributed by atoms with E-state index in [1.54, 1.807) is 18.9 Å². The van der Waals surface area contributed by atoms with Crippen molar-refractivity contribution in [1.29, 1.82) is 0 Å². The minimum Gasteiger partial charge on any atom is -0.389 e. The zero-order chi connectivity index (χ0) is 14.8. The van der Waals surface area contributed by atoms with E-state index in [1.165, 1.54) is 10.5 Å². The van der Waals surface area contributed by atoms with E-state index in [9.17, 15) is 5.11 Å². The maximum absolute atomic E-state index is 10.3. The van der Waals surface area contributed by atoms with Gasteiger partial charge in [-0.15, -0.1) is 11.8 Å². The molecular formula is C16H27NO2S. The lowest BCUT2D eigenvalue weighted by atomic mass is 10.0. The van der Waals surface area contributed by atoms with Crippen molar-refractivity contribution < 1.29 is 9.84 Å². The molecule has 0 fully saturated rings. The van der Waals surface area contributed by atoms with Gasteiger partial charge in [0.1, 0.15) is 0 Å². The maximum Gasteiger partial charge on any atom is 0.0736 e. The quantitative estimate of drug-likeness (QED) is 0.514. The van der Waals surface area contributed by atoms with E-state index in [4.69, 9.17) is 4.74 Å². The Morgan fingerprint density at radius 2 is 2.05 bits per heavy atom. The van der Waals surface area contributed by atoms with E-state index in [-0.39, 0.29) is 0 Å². The Bertz CT molecular complexity index is 380. The average molecular weight is 297 g/mol. The van der Waals surface area contributed by atoms with Crippen LogP contribution in [0, 0.1) is 0 Å². The first kappa shape index (κ1) is 17.5. The third kappa shape index (κ3) is 6.27. The molecule has 2 N–H and O–H groups in total. The molecule has 4 heteroatoms. The van der Waals surface area contributed by atoms with E-state index in [1.807, 2.05) is 13.8 Å². The van der Waals surface area contributed by atoms with Crippen LogP contribution in [0.1, 0.15) is 32.3 Å². The number of hydrogen-bond acceptors (Lipinski definition) is 4. The van der Waals surface area contributed by atoms with Gasteiger partial charge >= 0.3 is 0 Å². The summed E-state index contributed by atoms with van der Waals surface area (Å²) in [5.74, 6) is 0.751. The Labute approximate surface area is 127 Å². The lowest BCUT2D eigenvalue weighted by molar-refractivity contribution is 0.0572. The van der Waals surface area contributed by atoms with Gasteiger partial charge in [-0.2, -0.15) is 0 Å². The van der Waals surface area contributed by atoms with Crippen LogP contribution in [0.4, 0.5) is 0 Å². The number of rotatable bonds is 10. The van der Waals surface area contributed by atoms with Gasteiger partial charge in [-0.1, -0.05) is 26.0 Å². The van der Waals surface area contributed by atoms with Crippen molar-refractivity contribution >= 4 is 11.8 Å². The standard InChI is InChI=1S/C16H27NO2S/c1-4-16(18,5-2)13-20-15-8-6-7-14(11-15)12-17-9-10-19-3/h6-8,11,17-18H,4-5,9-10,12-13H2,1-3H3. The number of aliphatic hydroxyl groups is 1. The monoisotopic (exact) mass is 297 g/mol. The molecule has 0 atom stereocenters. The van der Waals surface area contributed by atoms with Gasteiger partial charge in [-0.25, -0.2) is 0 Å². The van der Waals surface area contributed by atoms with Crippen molar-refractivity contribution in [2.75, 3.05) is 26.0 Å². The van der Waals surface area contributed by atoms with E-state index < -0.39 is 5.60 Å². The van der Waals surface area contributed by atoms with Crippen LogP contribution in [-0.2, 0) is 11.3 Å². The van der Waals surface area contributed by atoms with Crippen molar-refractivity contribution in [2.24, 2.45) is 0 Å². The molecule has 3 nitrogen and oxygen atoms in total. The summed E-state index contributed by atoms with van der Waals surface area (Å²) < 4.78 is 5.01. The van der Waals surface area contributed by atoms with Gasteiger partial charge in [0.15, 0.2) is 0 Å². The third-order valence-electron chi connectivity index (χ3n) is 3.53. The summed E-state index contributed by atoms with van der Waals surface area (Å²) in [4.78, 5) is 1.22. The van der Waals surface area contributed by atoms with Gasteiger partial charge in [0.2, 0.25) is 0 Å². The smallest absolute Gasteiger partial charge is 0.0736 e. The predicted octanol–water partition coefficient (Wildman–Crippen LogP) is 3.07. The number of benzene rings is 1. The van der Waals surface area contributed by atoms with Crippen molar-refractivity contribution in [3.63, 3.8) is 0 Å². The second-order valence-corrected chi connectivity index (χ2v) is 6.09. The highest BCUT2D eigenvalue weighted by Gasteiger charge is 2.22. The normalized spacial score (nSPS) is 11.8. The Morgan fingerprint density at radius 3 is 2.70 bits per heavy atom. The van der Waals surface area contributed by atoms with Crippen molar-refractivity contribution in [3.05, 3.63) is 29.8 Å². The summed E-state index contributed by atoms with van der Waals surface area (Å²) >= 11 is 1.73. The zero-order valence-corrected chi connectivity index (χ0v) is 13.6. The SMILES string of the molecule is CCC(O)(CC)CSc1cccc(CNCCOC)c1. The van der Waals surface area contributed by atoms with E-state index in [0.29, 0.717) is 0 Å². The van der Waals surface area contributed by atoms with E-state index >= 15 is 0 Å². The van der Waals surface area contributed by atoms with Crippen molar-refractivity contribution in [3.8, 4) is 0 Å². The van der Waals surface area contributed by atoms with Crippen LogP contribution in [0.15, 0.2) is 29.2 Å². The zero-order valence-electron chi connectivity index (χ0n) is 12.8. The molecule has 0 saturated carbocycles. The molecule has 1 aromatic carbocycles. The van der Waals surface area contributed by atoms with E-state index in [0.717, 1.165) is 38.3 Å². The third-order valence-corrected chi connectivity index (χ3v) is 4.80. The molecule has 1 rings (SSSR count). The molecule has 0 aliphatic rings. The molecule has 0 aliphatic heterocycles. The summed E-state index contributed by atoms with van der Waals surface area (Å²) in [7, 11) is 1.71.